The average molecular weight is 161 g/mol. The smallest absolute Gasteiger partial charge is 0.186 e. The third kappa shape index (κ3) is 1.85. The van der Waals surface area contributed by atoms with Crippen LogP contribution < -0.4 is 5.30 Å². The molecule has 1 rings (SSSR count). The van der Waals surface area contributed by atoms with Gasteiger partial charge in [0.25, 0.3) is 0 Å². The maximum Gasteiger partial charge on any atom is 0.186 e. The average Bonchev–Trinajstić information content (AvgIpc) is 1.90. The van der Waals surface area contributed by atoms with Gasteiger partial charge in [-0.15, -0.1) is 0 Å². The predicted molar refractivity (Wildman–Crippen MR) is 40.9 cm³/mol. The lowest BCUT2D eigenvalue weighted by atomic mass is 10.4. The topological polar surface area (TPSA) is 17.1 Å². The Balaban J connectivity index is 2.98. The Morgan fingerprint density at radius 3 is 2.11 bits per heavy atom. The maximum atomic E-state index is 10.6. The van der Waals surface area contributed by atoms with Crippen LogP contribution in [0.2, 0.25) is 0 Å². The fraction of sp³-hybridized carbons (Fsp3) is 0. The van der Waals surface area contributed by atoms with Gasteiger partial charge < -0.3 is 4.57 Å². The van der Waals surface area contributed by atoms with E-state index in [1.165, 1.54) is 0 Å². The first-order valence-corrected chi connectivity index (χ1v) is 4.97. The van der Waals surface area contributed by atoms with E-state index in [1.807, 2.05) is 18.2 Å². The lowest BCUT2D eigenvalue weighted by Crippen LogP contribution is -1.88. The second-order valence-corrected chi connectivity index (χ2v) is 3.79. The highest BCUT2D eigenvalue weighted by Crippen LogP contribution is 2.24. The highest BCUT2D eigenvalue weighted by molar-refractivity contribution is 7.80. The molecule has 0 amide bonds. The summed E-state index contributed by atoms with van der Waals surface area (Å²) in [4.78, 5) is 0. The van der Waals surface area contributed by atoms with Crippen molar-refractivity contribution in [1.82, 2.24) is 0 Å². The molecule has 0 N–H and O–H groups in total. The van der Waals surface area contributed by atoms with Gasteiger partial charge in [-0.25, -0.2) is 0 Å². The van der Waals surface area contributed by atoms with Gasteiger partial charge >= 0.3 is 0 Å². The van der Waals surface area contributed by atoms with Crippen LogP contribution in [0.5, 0.6) is 0 Å². The third-order valence-corrected chi connectivity index (χ3v) is 2.44. The minimum Gasteiger partial charge on any atom is -0.305 e. The van der Waals surface area contributed by atoms with E-state index in [-0.39, 0.29) is 0 Å². The molecular formula is C6H6ClOP. The van der Waals surface area contributed by atoms with E-state index in [9.17, 15) is 4.57 Å². The number of hydrogen-bond acceptors (Lipinski definition) is 1. The summed E-state index contributed by atoms with van der Waals surface area (Å²) in [7, 11) is -1.99. The van der Waals surface area contributed by atoms with Crippen molar-refractivity contribution in [3.8, 4) is 0 Å². The van der Waals surface area contributed by atoms with Gasteiger partial charge in [0.2, 0.25) is 0 Å². The van der Waals surface area contributed by atoms with Crippen LogP contribution in [0.25, 0.3) is 0 Å². The van der Waals surface area contributed by atoms with E-state index in [0.29, 0.717) is 0 Å². The molecule has 0 spiro atoms. The highest BCUT2D eigenvalue weighted by Gasteiger charge is 1.93. The second-order valence-electron chi connectivity index (χ2n) is 1.64. The Kier molecular flexibility index (Phi) is 2.32. The maximum absolute atomic E-state index is 10.6. The normalized spacial score (nSPS) is 13.0. The van der Waals surface area contributed by atoms with Crippen LogP contribution >= 0.6 is 18.4 Å². The molecule has 0 fully saturated rings. The SMILES string of the molecule is O=[PH](Cl)c1ccccc1. The summed E-state index contributed by atoms with van der Waals surface area (Å²) in [5, 5.41) is 0.726. The van der Waals surface area contributed by atoms with Crippen molar-refractivity contribution in [3.05, 3.63) is 30.3 Å². The highest BCUT2D eigenvalue weighted by atomic mass is 35.7. The Bertz CT molecular complexity index is 210. The molecule has 3 heteroatoms. The summed E-state index contributed by atoms with van der Waals surface area (Å²) in [6, 6.07) is 9.02. The van der Waals surface area contributed by atoms with Gasteiger partial charge in [-0.05, 0) is 0 Å². The minimum atomic E-state index is -1.99. The zero-order valence-corrected chi connectivity index (χ0v) is 6.43. The number of hydrogen-bond donors (Lipinski definition) is 0. The largest absolute Gasteiger partial charge is 0.305 e. The van der Waals surface area contributed by atoms with E-state index < -0.39 is 7.15 Å². The molecule has 0 saturated heterocycles. The number of rotatable bonds is 1. The van der Waals surface area contributed by atoms with Crippen molar-refractivity contribution in [2.24, 2.45) is 0 Å². The summed E-state index contributed by atoms with van der Waals surface area (Å²) < 4.78 is 10.6. The van der Waals surface area contributed by atoms with Crippen LogP contribution in [0.1, 0.15) is 0 Å². The molecule has 0 radical (unpaired) electrons. The minimum absolute atomic E-state index is 0.726. The van der Waals surface area contributed by atoms with Gasteiger partial charge in [0.05, 0.1) is 0 Å². The number of halogens is 1. The Morgan fingerprint density at radius 2 is 1.78 bits per heavy atom. The fourth-order valence-corrected chi connectivity index (χ4v) is 1.40. The van der Waals surface area contributed by atoms with Crippen LogP contribution in [0.3, 0.4) is 0 Å². The van der Waals surface area contributed by atoms with Crippen LogP contribution in [0.4, 0.5) is 0 Å². The lowest BCUT2D eigenvalue weighted by molar-refractivity contribution is 0.600. The van der Waals surface area contributed by atoms with Gasteiger partial charge in [-0.1, -0.05) is 41.6 Å². The van der Waals surface area contributed by atoms with Crippen molar-refractivity contribution in [3.63, 3.8) is 0 Å². The summed E-state index contributed by atoms with van der Waals surface area (Å²) in [5.41, 5.74) is 0. The first-order valence-electron chi connectivity index (χ1n) is 2.55. The Hall–Kier alpha value is -0.260. The van der Waals surface area contributed by atoms with Crippen molar-refractivity contribution >= 4 is 23.7 Å². The van der Waals surface area contributed by atoms with Crippen LogP contribution in [0, 0.1) is 0 Å². The first kappa shape index (κ1) is 6.85. The monoisotopic (exact) mass is 160 g/mol. The standard InChI is InChI=1S/C6H6ClOP/c7-9(8)6-4-2-1-3-5-6/h1-5,9H. The molecule has 1 aromatic rings. The van der Waals surface area contributed by atoms with Gasteiger partial charge in [-0.3, -0.25) is 0 Å². The zero-order valence-electron chi connectivity index (χ0n) is 4.67. The van der Waals surface area contributed by atoms with E-state index in [1.54, 1.807) is 12.1 Å². The molecule has 0 saturated carbocycles. The van der Waals surface area contributed by atoms with Gasteiger partial charge in [-0.2, -0.15) is 0 Å². The molecule has 1 unspecified atom stereocenters. The molecule has 48 valence electrons. The van der Waals surface area contributed by atoms with Gasteiger partial charge in [0.15, 0.2) is 7.15 Å². The van der Waals surface area contributed by atoms with Crippen molar-refractivity contribution < 1.29 is 4.57 Å². The molecule has 0 bridgehead atoms. The Morgan fingerprint density at radius 1 is 1.22 bits per heavy atom. The number of benzene rings is 1. The van der Waals surface area contributed by atoms with Gasteiger partial charge in [0, 0.05) is 5.30 Å². The molecular weight excluding hydrogens is 154 g/mol. The molecule has 0 aliphatic rings. The second kappa shape index (κ2) is 3.05. The van der Waals surface area contributed by atoms with E-state index in [0.717, 1.165) is 5.30 Å². The quantitative estimate of drug-likeness (QED) is 0.575. The molecule has 1 atom stereocenters. The van der Waals surface area contributed by atoms with E-state index in [2.05, 4.69) is 0 Å². The van der Waals surface area contributed by atoms with Crippen LogP contribution in [-0.2, 0) is 4.57 Å². The molecule has 0 aromatic heterocycles. The molecule has 0 aliphatic carbocycles. The zero-order chi connectivity index (χ0) is 6.69. The molecule has 9 heavy (non-hydrogen) atoms. The lowest BCUT2D eigenvalue weighted by Gasteiger charge is -1.89. The van der Waals surface area contributed by atoms with Crippen LogP contribution in [-0.4, -0.2) is 0 Å². The molecule has 0 aliphatic heterocycles. The van der Waals surface area contributed by atoms with Crippen molar-refractivity contribution in [2.75, 3.05) is 0 Å². The summed E-state index contributed by atoms with van der Waals surface area (Å²) in [6.07, 6.45) is 0. The molecule has 1 aromatic carbocycles. The van der Waals surface area contributed by atoms with E-state index >= 15 is 0 Å². The molecule has 1 nitrogen and oxygen atoms in total. The summed E-state index contributed by atoms with van der Waals surface area (Å²) in [5.74, 6) is 0. The fourth-order valence-electron chi connectivity index (χ4n) is 0.569. The summed E-state index contributed by atoms with van der Waals surface area (Å²) >= 11 is 5.35. The summed E-state index contributed by atoms with van der Waals surface area (Å²) in [6.45, 7) is 0. The van der Waals surface area contributed by atoms with Gasteiger partial charge in [0.1, 0.15) is 0 Å². The van der Waals surface area contributed by atoms with Crippen molar-refractivity contribution in [1.29, 1.82) is 0 Å². The molecule has 0 heterocycles. The first-order chi connectivity index (χ1) is 4.30. The van der Waals surface area contributed by atoms with E-state index in [4.69, 9.17) is 11.2 Å². The van der Waals surface area contributed by atoms with Crippen LogP contribution in [0.15, 0.2) is 30.3 Å². The third-order valence-electron chi connectivity index (χ3n) is 1.00. The predicted octanol–water partition coefficient (Wildman–Crippen LogP) is 2.03. The Labute approximate surface area is 59.2 Å². The van der Waals surface area contributed by atoms with Crippen molar-refractivity contribution in [2.45, 2.75) is 0 Å².